The molecule has 1 heteroatoms. The molecule has 0 aromatic heterocycles. The van der Waals surface area contributed by atoms with E-state index in [-0.39, 0.29) is 0 Å². The number of nitrogens with two attached hydrogens (primary N) is 1. The number of fused-ring (bicyclic) bond motifs is 1. The quantitative estimate of drug-likeness (QED) is 0.495. The Balaban J connectivity index is 2.00. The number of hydrogen-bond donors (Lipinski definition) is 1. The van der Waals surface area contributed by atoms with E-state index >= 15 is 0 Å². The van der Waals surface area contributed by atoms with Crippen LogP contribution in [0.3, 0.4) is 0 Å². The van der Waals surface area contributed by atoms with Gasteiger partial charge < -0.3 is 5.73 Å². The summed E-state index contributed by atoms with van der Waals surface area (Å²) in [6, 6.07) is 0.603. The fraction of sp³-hybridized carbons (Fsp3) is 1.00. The molecule has 2 N–H and O–H groups in total. The van der Waals surface area contributed by atoms with Crippen molar-refractivity contribution >= 4 is 0 Å². The summed E-state index contributed by atoms with van der Waals surface area (Å²) in [5, 5.41) is 0. The van der Waals surface area contributed by atoms with Gasteiger partial charge in [0.1, 0.15) is 0 Å². The molecule has 0 aliphatic heterocycles. The molecule has 46 valence electrons. The molecule has 2 rings (SSSR count). The first kappa shape index (κ1) is 4.80. The molecule has 0 heterocycles. The van der Waals surface area contributed by atoms with Crippen LogP contribution in [0.1, 0.15) is 19.8 Å². The zero-order valence-corrected chi connectivity index (χ0v) is 5.30. The highest BCUT2D eigenvalue weighted by molar-refractivity contribution is 5.06. The second-order valence-corrected chi connectivity index (χ2v) is 3.48. The normalized spacial score (nSPS) is 60.8. The molecule has 2 atom stereocenters. The maximum atomic E-state index is 5.73. The Morgan fingerprint density at radius 2 is 1.75 bits per heavy atom. The van der Waals surface area contributed by atoms with E-state index < -0.39 is 0 Å². The van der Waals surface area contributed by atoms with Gasteiger partial charge >= 0.3 is 0 Å². The Morgan fingerprint density at radius 3 is 2.12 bits per heavy atom. The van der Waals surface area contributed by atoms with Crippen LogP contribution in [0, 0.1) is 17.8 Å². The van der Waals surface area contributed by atoms with Crippen LogP contribution in [-0.4, -0.2) is 6.04 Å². The second kappa shape index (κ2) is 1.27. The topological polar surface area (TPSA) is 26.0 Å². The van der Waals surface area contributed by atoms with Crippen molar-refractivity contribution < 1.29 is 0 Å². The third kappa shape index (κ3) is 0.455. The lowest BCUT2D eigenvalue weighted by molar-refractivity contribution is 0.511. The molecule has 8 heavy (non-hydrogen) atoms. The van der Waals surface area contributed by atoms with Crippen LogP contribution >= 0.6 is 0 Å². The van der Waals surface area contributed by atoms with Gasteiger partial charge in [0.15, 0.2) is 0 Å². The van der Waals surface area contributed by atoms with Crippen LogP contribution < -0.4 is 5.73 Å². The molecule has 2 unspecified atom stereocenters. The van der Waals surface area contributed by atoms with Crippen molar-refractivity contribution in [1.29, 1.82) is 0 Å². The molecule has 2 aliphatic carbocycles. The van der Waals surface area contributed by atoms with Crippen molar-refractivity contribution in [3.63, 3.8) is 0 Å². The van der Waals surface area contributed by atoms with Crippen LogP contribution in [0.15, 0.2) is 0 Å². The summed E-state index contributed by atoms with van der Waals surface area (Å²) in [5.74, 6) is 2.85. The van der Waals surface area contributed by atoms with Crippen LogP contribution in [0.4, 0.5) is 0 Å². The third-order valence-corrected chi connectivity index (χ3v) is 2.75. The molecule has 2 saturated carbocycles. The summed E-state index contributed by atoms with van der Waals surface area (Å²) < 4.78 is 0. The summed E-state index contributed by atoms with van der Waals surface area (Å²) in [6.45, 7) is 2.33. The number of hydrogen-bond acceptors (Lipinski definition) is 1. The Kier molecular flexibility index (Phi) is 0.762. The number of rotatable bonds is 0. The van der Waals surface area contributed by atoms with Crippen molar-refractivity contribution in [2.45, 2.75) is 25.8 Å². The fourth-order valence-electron chi connectivity index (χ4n) is 2.16. The summed E-state index contributed by atoms with van der Waals surface area (Å²) in [7, 11) is 0. The molecule has 0 spiro atoms. The Morgan fingerprint density at radius 1 is 1.25 bits per heavy atom. The van der Waals surface area contributed by atoms with E-state index in [1.807, 2.05) is 0 Å². The lowest BCUT2D eigenvalue weighted by Gasteiger charge is -2.02. The zero-order valence-electron chi connectivity index (χ0n) is 5.30. The Hall–Kier alpha value is -0.0400. The van der Waals surface area contributed by atoms with Crippen LogP contribution in [0.2, 0.25) is 0 Å². The van der Waals surface area contributed by atoms with E-state index in [1.54, 1.807) is 0 Å². The minimum absolute atomic E-state index is 0.603. The maximum Gasteiger partial charge on any atom is 0.0102 e. The fourth-order valence-corrected chi connectivity index (χ4v) is 2.16. The van der Waals surface area contributed by atoms with Gasteiger partial charge in [-0.2, -0.15) is 0 Å². The van der Waals surface area contributed by atoms with Gasteiger partial charge in [-0.1, -0.05) is 6.92 Å². The van der Waals surface area contributed by atoms with E-state index in [4.69, 9.17) is 5.73 Å². The van der Waals surface area contributed by atoms with Crippen molar-refractivity contribution in [3.05, 3.63) is 0 Å². The van der Waals surface area contributed by atoms with Crippen molar-refractivity contribution in [1.82, 2.24) is 0 Å². The second-order valence-electron chi connectivity index (χ2n) is 3.48. The zero-order chi connectivity index (χ0) is 5.72. The predicted octanol–water partition coefficient (Wildman–Crippen LogP) is 0.990. The standard InChI is InChI=1S/C7H13N/c1-4-2-5-6(3-4)7(5)8/h4-7H,2-3,8H2,1H3. The minimum Gasteiger partial charge on any atom is -0.327 e. The Labute approximate surface area is 50.3 Å². The van der Waals surface area contributed by atoms with Gasteiger partial charge in [0.05, 0.1) is 0 Å². The van der Waals surface area contributed by atoms with Crippen molar-refractivity contribution in [2.75, 3.05) is 0 Å². The molecule has 0 radical (unpaired) electrons. The van der Waals surface area contributed by atoms with Crippen LogP contribution in [0.5, 0.6) is 0 Å². The van der Waals surface area contributed by atoms with Gasteiger partial charge in [-0.3, -0.25) is 0 Å². The largest absolute Gasteiger partial charge is 0.327 e. The van der Waals surface area contributed by atoms with Gasteiger partial charge in [0.2, 0.25) is 0 Å². The lowest BCUT2D eigenvalue weighted by Crippen LogP contribution is -2.09. The van der Waals surface area contributed by atoms with Gasteiger partial charge in [-0.25, -0.2) is 0 Å². The first-order chi connectivity index (χ1) is 3.79. The SMILES string of the molecule is CC1CC2C(N)C2C1. The minimum atomic E-state index is 0.603. The molecular formula is C7H13N. The highest BCUT2D eigenvalue weighted by atomic mass is 14.8. The monoisotopic (exact) mass is 111 g/mol. The molecule has 1 nitrogen and oxygen atoms in total. The summed E-state index contributed by atoms with van der Waals surface area (Å²) in [5.41, 5.74) is 5.73. The van der Waals surface area contributed by atoms with Gasteiger partial charge in [-0.15, -0.1) is 0 Å². The van der Waals surface area contributed by atoms with Crippen molar-refractivity contribution in [3.8, 4) is 0 Å². The Bertz CT molecular complexity index is 99.0. The highest BCUT2D eigenvalue weighted by Gasteiger charge is 2.52. The van der Waals surface area contributed by atoms with E-state index in [2.05, 4.69) is 6.92 Å². The molecule has 0 saturated heterocycles. The first-order valence-electron chi connectivity index (χ1n) is 3.54. The summed E-state index contributed by atoms with van der Waals surface area (Å²) >= 11 is 0. The van der Waals surface area contributed by atoms with Crippen LogP contribution in [0.25, 0.3) is 0 Å². The highest BCUT2D eigenvalue weighted by Crippen LogP contribution is 2.52. The average molecular weight is 111 g/mol. The van der Waals surface area contributed by atoms with Gasteiger partial charge in [-0.05, 0) is 30.6 Å². The van der Waals surface area contributed by atoms with E-state index in [9.17, 15) is 0 Å². The summed E-state index contributed by atoms with van der Waals surface area (Å²) in [6.07, 6.45) is 2.82. The molecule has 2 aliphatic rings. The molecule has 2 fully saturated rings. The van der Waals surface area contributed by atoms with E-state index in [0.29, 0.717) is 6.04 Å². The first-order valence-corrected chi connectivity index (χ1v) is 3.54. The maximum absolute atomic E-state index is 5.73. The molecule has 0 aromatic rings. The van der Waals surface area contributed by atoms with Gasteiger partial charge in [0, 0.05) is 6.04 Å². The van der Waals surface area contributed by atoms with Crippen molar-refractivity contribution in [2.24, 2.45) is 23.5 Å². The predicted molar refractivity (Wildman–Crippen MR) is 33.4 cm³/mol. The molecule has 0 amide bonds. The molecule has 0 aromatic carbocycles. The summed E-state index contributed by atoms with van der Waals surface area (Å²) in [4.78, 5) is 0. The smallest absolute Gasteiger partial charge is 0.0102 e. The van der Waals surface area contributed by atoms with E-state index in [1.165, 1.54) is 12.8 Å². The third-order valence-electron chi connectivity index (χ3n) is 2.75. The van der Waals surface area contributed by atoms with Crippen LogP contribution in [-0.2, 0) is 0 Å². The molecule has 0 bridgehead atoms. The van der Waals surface area contributed by atoms with Gasteiger partial charge in [0.25, 0.3) is 0 Å². The lowest BCUT2D eigenvalue weighted by atomic mass is 10.1. The average Bonchev–Trinajstić information content (AvgIpc) is 2.29. The van der Waals surface area contributed by atoms with E-state index in [0.717, 1.165) is 17.8 Å². The molecular weight excluding hydrogens is 98.1 g/mol.